The Morgan fingerprint density at radius 1 is 1.62 bits per heavy atom. The molecular weight excluding hydrogens is 184 g/mol. The first-order valence-electron chi connectivity index (χ1n) is 4.76. The molecule has 0 amide bonds. The summed E-state index contributed by atoms with van der Waals surface area (Å²) in [6.45, 7) is 3.94. The van der Waals surface area contributed by atoms with E-state index in [4.69, 9.17) is 4.74 Å². The zero-order valence-electron chi connectivity index (χ0n) is 8.63. The van der Waals surface area contributed by atoms with Crippen molar-refractivity contribution < 1.29 is 9.53 Å². The molecule has 2 nitrogen and oxygen atoms in total. The van der Waals surface area contributed by atoms with E-state index in [9.17, 15) is 4.79 Å². The Labute approximate surface area is 84.4 Å². The van der Waals surface area contributed by atoms with Crippen LogP contribution >= 0.6 is 11.8 Å². The van der Waals surface area contributed by atoms with Crippen molar-refractivity contribution in [3.05, 3.63) is 0 Å². The molecule has 1 aliphatic rings. The third kappa shape index (κ3) is 2.90. The van der Waals surface area contributed by atoms with Gasteiger partial charge in [0.25, 0.3) is 0 Å². The summed E-state index contributed by atoms with van der Waals surface area (Å²) in [5.41, 5.74) is -0.309. The van der Waals surface area contributed by atoms with E-state index in [1.54, 1.807) is 0 Å². The van der Waals surface area contributed by atoms with E-state index in [0.29, 0.717) is 5.25 Å². The second kappa shape index (κ2) is 4.36. The van der Waals surface area contributed by atoms with E-state index in [1.807, 2.05) is 25.6 Å². The van der Waals surface area contributed by atoms with Crippen LogP contribution in [0, 0.1) is 5.41 Å². The number of ether oxygens (including phenoxy) is 1. The van der Waals surface area contributed by atoms with Crippen LogP contribution in [0.5, 0.6) is 0 Å². The predicted molar refractivity (Wildman–Crippen MR) is 55.9 cm³/mol. The van der Waals surface area contributed by atoms with Gasteiger partial charge in [0.2, 0.25) is 0 Å². The molecule has 76 valence electrons. The summed E-state index contributed by atoms with van der Waals surface area (Å²) in [6, 6.07) is 0. The fourth-order valence-electron chi connectivity index (χ4n) is 1.73. The first-order chi connectivity index (χ1) is 6.06. The van der Waals surface area contributed by atoms with Gasteiger partial charge in [-0.3, -0.25) is 4.79 Å². The first-order valence-corrected chi connectivity index (χ1v) is 5.81. The minimum atomic E-state index is -0.309. The van der Waals surface area contributed by atoms with Gasteiger partial charge in [-0.05, 0) is 38.9 Å². The normalized spacial score (nSPS) is 23.2. The molecule has 1 rings (SSSR count). The molecule has 1 atom stereocenters. The average molecular weight is 202 g/mol. The number of carbonyl (C=O) groups is 1. The van der Waals surface area contributed by atoms with Crippen LogP contribution < -0.4 is 0 Å². The molecule has 0 bridgehead atoms. The van der Waals surface area contributed by atoms with Gasteiger partial charge in [0.05, 0.1) is 12.5 Å². The zero-order valence-corrected chi connectivity index (χ0v) is 9.45. The molecule has 1 saturated heterocycles. The van der Waals surface area contributed by atoms with E-state index in [1.165, 1.54) is 25.7 Å². The van der Waals surface area contributed by atoms with Crippen LogP contribution in [0.3, 0.4) is 0 Å². The maximum Gasteiger partial charge on any atom is 0.311 e. The quantitative estimate of drug-likeness (QED) is 0.658. The highest BCUT2D eigenvalue weighted by Crippen LogP contribution is 2.36. The fraction of sp³-hybridized carbons (Fsp3) is 0.900. The van der Waals surface area contributed by atoms with Crippen molar-refractivity contribution in [3.63, 3.8) is 0 Å². The van der Waals surface area contributed by atoms with Gasteiger partial charge in [0.15, 0.2) is 0 Å². The van der Waals surface area contributed by atoms with Crippen molar-refractivity contribution in [3.8, 4) is 0 Å². The van der Waals surface area contributed by atoms with E-state index in [0.717, 1.165) is 6.42 Å². The number of methoxy groups -OCH3 is 1. The monoisotopic (exact) mass is 202 g/mol. The van der Waals surface area contributed by atoms with Gasteiger partial charge >= 0.3 is 5.97 Å². The fourth-order valence-corrected chi connectivity index (χ4v) is 3.27. The predicted octanol–water partition coefficient (Wildman–Crippen LogP) is 2.47. The molecule has 0 aliphatic carbocycles. The third-order valence-corrected chi connectivity index (χ3v) is 3.90. The van der Waals surface area contributed by atoms with E-state index in [2.05, 4.69) is 0 Å². The second-order valence-corrected chi connectivity index (χ2v) is 5.62. The van der Waals surface area contributed by atoms with Crippen LogP contribution in [-0.4, -0.2) is 24.1 Å². The highest BCUT2D eigenvalue weighted by molar-refractivity contribution is 8.00. The Hall–Kier alpha value is -0.180. The van der Waals surface area contributed by atoms with Gasteiger partial charge < -0.3 is 4.74 Å². The average Bonchev–Trinajstić information content (AvgIpc) is 2.54. The summed E-state index contributed by atoms with van der Waals surface area (Å²) in [7, 11) is 1.46. The smallest absolute Gasteiger partial charge is 0.311 e. The Balaban J connectivity index is 2.44. The number of rotatable bonds is 3. The molecule has 3 heteroatoms. The number of carbonyl (C=O) groups excluding carboxylic acids is 1. The van der Waals surface area contributed by atoms with Crippen molar-refractivity contribution in [1.82, 2.24) is 0 Å². The molecule has 0 radical (unpaired) electrons. The second-order valence-electron chi connectivity index (χ2n) is 4.21. The molecule has 0 saturated carbocycles. The lowest BCUT2D eigenvalue weighted by Crippen LogP contribution is -2.28. The molecule has 0 aromatic rings. The Morgan fingerprint density at radius 3 is 2.77 bits per heavy atom. The Bertz CT molecular complexity index is 183. The first kappa shape index (κ1) is 10.9. The highest BCUT2D eigenvalue weighted by atomic mass is 32.2. The molecular formula is C10H18O2S. The molecule has 0 spiro atoms. The van der Waals surface area contributed by atoms with Gasteiger partial charge in [-0.25, -0.2) is 0 Å². The minimum Gasteiger partial charge on any atom is -0.469 e. The molecule has 1 aliphatic heterocycles. The maximum absolute atomic E-state index is 11.4. The van der Waals surface area contributed by atoms with Gasteiger partial charge in [-0.1, -0.05) is 0 Å². The van der Waals surface area contributed by atoms with Gasteiger partial charge in [0, 0.05) is 5.25 Å². The molecule has 0 N–H and O–H groups in total. The topological polar surface area (TPSA) is 26.3 Å². The minimum absolute atomic E-state index is 0.0833. The summed E-state index contributed by atoms with van der Waals surface area (Å²) < 4.78 is 4.78. The van der Waals surface area contributed by atoms with E-state index >= 15 is 0 Å². The maximum atomic E-state index is 11.4. The molecule has 1 fully saturated rings. The van der Waals surface area contributed by atoms with Gasteiger partial charge in [0.1, 0.15) is 0 Å². The number of thioether (sulfide) groups is 1. The largest absolute Gasteiger partial charge is 0.469 e. The van der Waals surface area contributed by atoms with Crippen LogP contribution in [0.15, 0.2) is 0 Å². The van der Waals surface area contributed by atoms with Crippen LogP contribution in [0.1, 0.15) is 33.1 Å². The lowest BCUT2D eigenvalue weighted by Gasteiger charge is -2.24. The van der Waals surface area contributed by atoms with Crippen LogP contribution in [0.2, 0.25) is 0 Å². The van der Waals surface area contributed by atoms with Gasteiger partial charge in [-0.2, -0.15) is 11.8 Å². The third-order valence-electron chi connectivity index (χ3n) is 2.50. The van der Waals surface area contributed by atoms with Crippen LogP contribution in [0.4, 0.5) is 0 Å². The zero-order chi connectivity index (χ0) is 9.90. The Morgan fingerprint density at radius 2 is 2.31 bits per heavy atom. The summed E-state index contributed by atoms with van der Waals surface area (Å²) in [4.78, 5) is 11.4. The lowest BCUT2D eigenvalue weighted by atomic mass is 9.87. The van der Waals surface area contributed by atoms with Gasteiger partial charge in [-0.15, -0.1) is 0 Å². The molecule has 0 aromatic carbocycles. The lowest BCUT2D eigenvalue weighted by molar-refractivity contribution is -0.151. The van der Waals surface area contributed by atoms with Crippen LogP contribution in [0.25, 0.3) is 0 Å². The highest BCUT2D eigenvalue weighted by Gasteiger charge is 2.33. The summed E-state index contributed by atoms with van der Waals surface area (Å²) in [6.07, 6.45) is 3.50. The molecule has 1 heterocycles. The van der Waals surface area contributed by atoms with E-state index < -0.39 is 0 Å². The summed E-state index contributed by atoms with van der Waals surface area (Å²) >= 11 is 1.99. The van der Waals surface area contributed by atoms with Crippen molar-refractivity contribution >= 4 is 17.7 Å². The van der Waals surface area contributed by atoms with Crippen molar-refractivity contribution in [2.45, 2.75) is 38.4 Å². The number of hydrogen-bond donors (Lipinski definition) is 0. The van der Waals surface area contributed by atoms with Crippen molar-refractivity contribution in [1.29, 1.82) is 0 Å². The number of esters is 1. The van der Waals surface area contributed by atoms with Crippen molar-refractivity contribution in [2.24, 2.45) is 5.41 Å². The van der Waals surface area contributed by atoms with Crippen LogP contribution in [-0.2, 0) is 9.53 Å². The summed E-state index contributed by atoms with van der Waals surface area (Å²) in [5.74, 6) is 1.17. The SMILES string of the molecule is COC(=O)C(C)(C)CC1CCCS1. The van der Waals surface area contributed by atoms with E-state index in [-0.39, 0.29) is 11.4 Å². The van der Waals surface area contributed by atoms with Crippen molar-refractivity contribution in [2.75, 3.05) is 12.9 Å². The standard InChI is InChI=1S/C10H18O2S/c1-10(2,9(11)12-3)7-8-5-4-6-13-8/h8H,4-7H2,1-3H3. The Kier molecular flexibility index (Phi) is 3.65. The molecule has 0 aromatic heterocycles. The summed E-state index contributed by atoms with van der Waals surface area (Å²) in [5, 5.41) is 0.661. The molecule has 1 unspecified atom stereocenters. The molecule has 13 heavy (non-hydrogen) atoms. The number of hydrogen-bond acceptors (Lipinski definition) is 3.